The van der Waals surface area contributed by atoms with Crippen LogP contribution in [0.2, 0.25) is 0 Å². The number of aromatic nitrogens is 3. The number of carbonyl (C=O) groups excluding carboxylic acids is 2. The molecule has 0 aliphatic carbocycles. The molecular formula is C24H24N4O4. The lowest BCUT2D eigenvalue weighted by Gasteiger charge is -2.13. The predicted molar refractivity (Wildman–Crippen MR) is 119 cm³/mol. The molecule has 1 amide bonds. The van der Waals surface area contributed by atoms with Crippen molar-refractivity contribution in [2.45, 2.75) is 31.9 Å². The number of benzene rings is 1. The van der Waals surface area contributed by atoms with E-state index in [1.165, 1.54) is 12.0 Å². The van der Waals surface area contributed by atoms with Gasteiger partial charge in [-0.15, -0.1) is 0 Å². The number of methoxy groups -OCH3 is 1. The van der Waals surface area contributed by atoms with Crippen LogP contribution < -0.4 is 0 Å². The average Bonchev–Trinajstić information content (AvgIpc) is 3.34. The fourth-order valence-corrected chi connectivity index (χ4v) is 3.77. The van der Waals surface area contributed by atoms with E-state index in [0.29, 0.717) is 17.8 Å². The first kappa shape index (κ1) is 21.5. The van der Waals surface area contributed by atoms with Crippen LogP contribution in [0.1, 0.15) is 42.4 Å². The third-order valence-corrected chi connectivity index (χ3v) is 5.54. The smallest absolute Gasteiger partial charge is 0.356 e. The topological polar surface area (TPSA) is 97.5 Å². The maximum Gasteiger partial charge on any atom is 0.356 e. The maximum absolute atomic E-state index is 12.3. The van der Waals surface area contributed by atoms with Crippen molar-refractivity contribution in [2.24, 2.45) is 0 Å². The number of rotatable bonds is 3. The van der Waals surface area contributed by atoms with E-state index in [1.807, 2.05) is 36.7 Å². The van der Waals surface area contributed by atoms with Crippen molar-refractivity contribution in [3.63, 3.8) is 0 Å². The Balaban J connectivity index is 1.81. The summed E-state index contributed by atoms with van der Waals surface area (Å²) in [6.07, 6.45) is 2.00. The molecule has 1 atom stereocenters. The number of nitrogens with zero attached hydrogens (tertiary/aromatic N) is 4. The van der Waals surface area contributed by atoms with Crippen molar-refractivity contribution < 1.29 is 19.4 Å². The monoisotopic (exact) mass is 432 g/mol. The Kier molecular flexibility index (Phi) is 5.45. The molecule has 0 bridgehead atoms. The van der Waals surface area contributed by atoms with Crippen molar-refractivity contribution in [3.05, 3.63) is 47.8 Å². The molecule has 3 aromatic rings. The van der Waals surface area contributed by atoms with E-state index < -0.39 is 17.5 Å². The van der Waals surface area contributed by atoms with Crippen LogP contribution in [0, 0.1) is 11.8 Å². The number of ether oxygens (including phenoxy) is 1. The second kappa shape index (κ2) is 8.09. The maximum atomic E-state index is 12.3. The Morgan fingerprint density at radius 2 is 2.09 bits per heavy atom. The van der Waals surface area contributed by atoms with E-state index >= 15 is 0 Å². The van der Waals surface area contributed by atoms with Crippen LogP contribution in [0.4, 0.5) is 0 Å². The van der Waals surface area contributed by atoms with Crippen LogP contribution in [-0.4, -0.2) is 63.0 Å². The predicted octanol–water partition coefficient (Wildman–Crippen LogP) is 2.41. The van der Waals surface area contributed by atoms with E-state index in [-0.39, 0.29) is 18.2 Å². The first-order valence-electron chi connectivity index (χ1n) is 10.3. The molecule has 0 radical (unpaired) electrons. The van der Waals surface area contributed by atoms with Gasteiger partial charge in [-0.1, -0.05) is 24.0 Å². The Morgan fingerprint density at radius 1 is 1.31 bits per heavy atom. The summed E-state index contributed by atoms with van der Waals surface area (Å²) in [6, 6.07) is 9.06. The lowest BCUT2D eigenvalue weighted by atomic mass is 10.0. The minimum atomic E-state index is -1.67. The number of esters is 1. The second-order valence-electron chi connectivity index (χ2n) is 8.13. The standard InChI is InChI=1S/C24H24N4O4/c1-15(2)28-20-13-19(22(29)32-4)26-21(18(20)14-25-28)17-7-5-6-16(12-17)8-9-24(31)10-11-27(3)23(24)30/h5-7,12-15,31H,10-11H2,1-4H3/t24-/m0/s1. The van der Waals surface area contributed by atoms with Gasteiger partial charge in [-0.3, -0.25) is 9.48 Å². The van der Waals surface area contributed by atoms with E-state index in [0.717, 1.165) is 16.5 Å². The number of fused-ring (bicyclic) bond motifs is 1. The molecule has 0 unspecified atom stereocenters. The van der Waals surface area contributed by atoms with Gasteiger partial charge in [-0.05, 0) is 32.0 Å². The van der Waals surface area contributed by atoms with Crippen molar-refractivity contribution in [1.29, 1.82) is 0 Å². The van der Waals surface area contributed by atoms with Crippen LogP contribution >= 0.6 is 0 Å². The highest BCUT2D eigenvalue weighted by molar-refractivity contribution is 5.98. The number of carbonyl (C=O) groups is 2. The quantitative estimate of drug-likeness (QED) is 0.504. The van der Waals surface area contributed by atoms with Gasteiger partial charge < -0.3 is 14.7 Å². The zero-order valence-electron chi connectivity index (χ0n) is 18.4. The summed E-state index contributed by atoms with van der Waals surface area (Å²) in [5.74, 6) is 4.72. The van der Waals surface area contributed by atoms with Gasteiger partial charge in [0.2, 0.25) is 5.60 Å². The van der Waals surface area contributed by atoms with Crippen LogP contribution in [0.25, 0.3) is 22.2 Å². The first-order chi connectivity index (χ1) is 15.2. The molecule has 4 rings (SSSR count). The fraction of sp³-hybridized carbons (Fsp3) is 0.333. The molecule has 3 heterocycles. The van der Waals surface area contributed by atoms with E-state index in [1.54, 1.807) is 25.4 Å². The summed E-state index contributed by atoms with van der Waals surface area (Å²) in [6.45, 7) is 4.48. The van der Waals surface area contributed by atoms with Crippen molar-refractivity contribution in [2.75, 3.05) is 20.7 Å². The van der Waals surface area contributed by atoms with Crippen molar-refractivity contribution in [3.8, 4) is 23.1 Å². The second-order valence-corrected chi connectivity index (χ2v) is 8.13. The van der Waals surface area contributed by atoms with Gasteiger partial charge >= 0.3 is 5.97 Å². The van der Waals surface area contributed by atoms with Gasteiger partial charge in [-0.2, -0.15) is 5.10 Å². The summed E-state index contributed by atoms with van der Waals surface area (Å²) >= 11 is 0. The van der Waals surface area contributed by atoms with E-state index in [9.17, 15) is 14.7 Å². The number of hydrogen-bond acceptors (Lipinski definition) is 6. The average molecular weight is 432 g/mol. The third-order valence-electron chi connectivity index (χ3n) is 5.54. The zero-order chi connectivity index (χ0) is 23.0. The molecule has 0 saturated carbocycles. The van der Waals surface area contributed by atoms with Gasteiger partial charge in [0, 0.05) is 42.6 Å². The van der Waals surface area contributed by atoms with Gasteiger partial charge in [-0.25, -0.2) is 9.78 Å². The SMILES string of the molecule is COC(=O)c1cc2c(cnn2C(C)C)c(-c2cccc(C#C[C@]3(O)CCN(C)C3=O)c2)n1. The molecule has 1 N–H and O–H groups in total. The molecule has 1 fully saturated rings. The molecule has 164 valence electrons. The van der Waals surface area contributed by atoms with Crippen molar-refractivity contribution >= 4 is 22.8 Å². The summed E-state index contributed by atoms with van der Waals surface area (Å²) in [4.78, 5) is 30.4. The highest BCUT2D eigenvalue weighted by Gasteiger charge is 2.42. The molecule has 0 spiro atoms. The minimum Gasteiger partial charge on any atom is -0.464 e. The lowest BCUT2D eigenvalue weighted by Crippen LogP contribution is -2.37. The third kappa shape index (κ3) is 3.72. The van der Waals surface area contributed by atoms with Crippen LogP contribution in [-0.2, 0) is 9.53 Å². The summed E-state index contributed by atoms with van der Waals surface area (Å²) < 4.78 is 6.71. The molecule has 32 heavy (non-hydrogen) atoms. The largest absolute Gasteiger partial charge is 0.464 e. The van der Waals surface area contributed by atoms with E-state index in [2.05, 4.69) is 21.9 Å². The van der Waals surface area contributed by atoms with Gasteiger partial charge in [0.05, 0.1) is 24.5 Å². The zero-order valence-corrected chi connectivity index (χ0v) is 18.4. The van der Waals surface area contributed by atoms with Gasteiger partial charge in [0.1, 0.15) is 0 Å². The summed E-state index contributed by atoms with van der Waals surface area (Å²) in [7, 11) is 2.96. The number of amides is 1. The summed E-state index contributed by atoms with van der Waals surface area (Å²) in [5, 5.41) is 15.8. The van der Waals surface area contributed by atoms with Crippen LogP contribution in [0.5, 0.6) is 0 Å². The molecule has 1 aliphatic rings. The highest BCUT2D eigenvalue weighted by atomic mass is 16.5. The lowest BCUT2D eigenvalue weighted by molar-refractivity contribution is -0.137. The molecule has 1 aliphatic heterocycles. The van der Waals surface area contributed by atoms with Crippen LogP contribution in [0.3, 0.4) is 0 Å². The number of pyridine rings is 1. The minimum absolute atomic E-state index is 0.0910. The number of hydrogen-bond donors (Lipinski definition) is 1. The molecule has 1 saturated heterocycles. The van der Waals surface area contributed by atoms with E-state index in [4.69, 9.17) is 4.74 Å². The Labute approximate surface area is 185 Å². The molecule has 8 nitrogen and oxygen atoms in total. The number of aliphatic hydroxyl groups is 1. The molecule has 8 heteroatoms. The summed E-state index contributed by atoms with van der Waals surface area (Å²) in [5.41, 5.74) is 1.22. The Hall–Kier alpha value is -3.70. The molecular weight excluding hydrogens is 408 g/mol. The molecule has 2 aromatic heterocycles. The molecule has 1 aromatic carbocycles. The normalized spacial score (nSPS) is 18.2. The first-order valence-corrected chi connectivity index (χ1v) is 10.3. The number of likely N-dealkylation sites (tertiary alicyclic amines) is 1. The number of likely N-dealkylation sites (N-methyl/N-ethyl adjacent to an activating group) is 1. The Morgan fingerprint density at radius 3 is 2.75 bits per heavy atom. The van der Waals surface area contributed by atoms with Crippen molar-refractivity contribution in [1.82, 2.24) is 19.7 Å². The van der Waals surface area contributed by atoms with Crippen LogP contribution in [0.15, 0.2) is 36.5 Å². The Bertz CT molecular complexity index is 1280. The van der Waals surface area contributed by atoms with Gasteiger partial charge in [0.25, 0.3) is 5.91 Å². The highest BCUT2D eigenvalue weighted by Crippen LogP contribution is 2.30. The fourth-order valence-electron chi connectivity index (χ4n) is 3.77. The van der Waals surface area contributed by atoms with Gasteiger partial charge in [0.15, 0.2) is 5.69 Å².